The van der Waals surface area contributed by atoms with Gasteiger partial charge < -0.3 is 15.8 Å². The molecule has 0 aromatic heterocycles. The molecule has 3 N–H and O–H groups in total. The number of nitrogens with one attached hydrogen (secondary N) is 1. The quantitative estimate of drug-likeness (QED) is 0.646. The Bertz CT molecular complexity index is 267. The third kappa shape index (κ3) is 4.25. The van der Waals surface area contributed by atoms with E-state index in [0.29, 0.717) is 18.4 Å². The molecule has 1 amide bonds. The number of carbonyl (C=O) groups excluding carboxylic acids is 1. The first-order valence-corrected chi connectivity index (χ1v) is 7.42. The Morgan fingerprint density at radius 2 is 1.94 bits per heavy atom. The second kappa shape index (κ2) is 7.10. The van der Waals surface area contributed by atoms with Crippen LogP contribution in [0.3, 0.4) is 0 Å². The van der Waals surface area contributed by atoms with Gasteiger partial charge in [-0.15, -0.1) is 0 Å². The molecular weight excluding hydrogens is 228 g/mol. The van der Waals surface area contributed by atoms with Crippen LogP contribution in [0.4, 0.5) is 0 Å². The second-order valence-corrected chi connectivity index (χ2v) is 5.59. The molecule has 1 aliphatic carbocycles. The molecule has 1 saturated carbocycles. The van der Waals surface area contributed by atoms with Gasteiger partial charge in [0.05, 0.1) is 12.1 Å². The molecule has 2 fully saturated rings. The van der Waals surface area contributed by atoms with Crippen molar-refractivity contribution in [2.24, 2.45) is 11.7 Å². The summed E-state index contributed by atoms with van der Waals surface area (Å²) < 4.78 is 5.72. The zero-order valence-corrected chi connectivity index (χ0v) is 11.2. The van der Waals surface area contributed by atoms with Crippen molar-refractivity contribution in [1.29, 1.82) is 0 Å². The molecule has 104 valence electrons. The summed E-state index contributed by atoms with van der Waals surface area (Å²) >= 11 is 0. The lowest BCUT2D eigenvalue weighted by molar-refractivity contribution is -0.122. The van der Waals surface area contributed by atoms with E-state index in [1.54, 1.807) is 0 Å². The van der Waals surface area contributed by atoms with Gasteiger partial charge in [-0.1, -0.05) is 12.8 Å². The van der Waals surface area contributed by atoms with Gasteiger partial charge in [0, 0.05) is 13.0 Å². The summed E-state index contributed by atoms with van der Waals surface area (Å²) in [5, 5.41) is 3.15. The number of rotatable bonds is 8. The number of amides is 1. The average Bonchev–Trinajstić information content (AvgIpc) is 3.10. The number of hydrogen-bond donors (Lipinski definition) is 2. The van der Waals surface area contributed by atoms with Crippen LogP contribution >= 0.6 is 0 Å². The first-order valence-electron chi connectivity index (χ1n) is 7.42. The van der Waals surface area contributed by atoms with Crippen LogP contribution in [0, 0.1) is 5.92 Å². The van der Waals surface area contributed by atoms with E-state index in [1.165, 1.54) is 12.8 Å². The normalized spacial score (nSPS) is 27.4. The fraction of sp³-hybridized carbons (Fsp3) is 0.929. The van der Waals surface area contributed by atoms with Gasteiger partial charge in [0.1, 0.15) is 0 Å². The molecule has 2 atom stereocenters. The number of unbranched alkanes of at least 4 members (excludes halogenated alkanes) is 3. The van der Waals surface area contributed by atoms with Gasteiger partial charge in [0.2, 0.25) is 5.91 Å². The molecule has 0 bridgehead atoms. The van der Waals surface area contributed by atoms with E-state index >= 15 is 0 Å². The van der Waals surface area contributed by atoms with Crippen LogP contribution in [0.5, 0.6) is 0 Å². The maximum atomic E-state index is 11.8. The molecule has 4 nitrogen and oxygen atoms in total. The minimum atomic E-state index is 0.198. The Labute approximate surface area is 110 Å². The highest BCUT2D eigenvalue weighted by atomic mass is 16.5. The zero-order valence-electron chi connectivity index (χ0n) is 11.2. The molecule has 1 heterocycles. The predicted octanol–water partition coefficient (Wildman–Crippen LogP) is 1.58. The zero-order chi connectivity index (χ0) is 12.8. The molecule has 1 saturated heterocycles. The average molecular weight is 254 g/mol. The van der Waals surface area contributed by atoms with E-state index in [4.69, 9.17) is 10.5 Å². The molecule has 1 aliphatic heterocycles. The summed E-state index contributed by atoms with van der Waals surface area (Å²) in [4.78, 5) is 11.8. The highest BCUT2D eigenvalue weighted by Gasteiger charge is 2.40. The van der Waals surface area contributed by atoms with Crippen LogP contribution in [0.15, 0.2) is 0 Å². The molecule has 18 heavy (non-hydrogen) atoms. The minimum Gasteiger partial charge on any atom is -0.376 e. The summed E-state index contributed by atoms with van der Waals surface area (Å²) in [7, 11) is 0. The molecule has 0 radical (unpaired) electrons. The van der Waals surface area contributed by atoms with Crippen molar-refractivity contribution in [2.45, 2.75) is 63.5 Å². The van der Waals surface area contributed by atoms with Gasteiger partial charge >= 0.3 is 0 Å². The van der Waals surface area contributed by atoms with E-state index in [9.17, 15) is 4.79 Å². The molecule has 2 unspecified atom stereocenters. The van der Waals surface area contributed by atoms with E-state index in [0.717, 1.165) is 45.3 Å². The maximum absolute atomic E-state index is 11.8. The van der Waals surface area contributed by atoms with Crippen molar-refractivity contribution < 1.29 is 9.53 Å². The molecule has 0 spiro atoms. The van der Waals surface area contributed by atoms with Crippen molar-refractivity contribution in [2.75, 3.05) is 13.2 Å². The number of hydrogen-bond acceptors (Lipinski definition) is 3. The number of ether oxygens (including phenoxy) is 1. The summed E-state index contributed by atoms with van der Waals surface area (Å²) in [6.45, 7) is 1.57. The van der Waals surface area contributed by atoms with Crippen molar-refractivity contribution in [1.82, 2.24) is 5.32 Å². The highest BCUT2D eigenvalue weighted by Crippen LogP contribution is 2.38. The van der Waals surface area contributed by atoms with Crippen LogP contribution in [0.1, 0.15) is 51.4 Å². The maximum Gasteiger partial charge on any atom is 0.220 e. The Kier molecular flexibility index (Phi) is 5.45. The van der Waals surface area contributed by atoms with Crippen molar-refractivity contribution in [3.63, 3.8) is 0 Å². The topological polar surface area (TPSA) is 64.4 Å². The Morgan fingerprint density at radius 1 is 1.17 bits per heavy atom. The second-order valence-electron chi connectivity index (χ2n) is 5.59. The first kappa shape index (κ1) is 13.8. The highest BCUT2D eigenvalue weighted by molar-refractivity contribution is 5.76. The summed E-state index contributed by atoms with van der Waals surface area (Å²) in [6, 6.07) is 0.272. The fourth-order valence-electron chi connectivity index (χ4n) is 2.72. The first-order chi connectivity index (χ1) is 8.81. The predicted molar refractivity (Wildman–Crippen MR) is 71.2 cm³/mol. The summed E-state index contributed by atoms with van der Waals surface area (Å²) in [5.74, 6) is 0.909. The molecule has 2 rings (SSSR count). The van der Waals surface area contributed by atoms with Crippen molar-refractivity contribution in [3.8, 4) is 0 Å². The largest absolute Gasteiger partial charge is 0.376 e. The number of nitrogens with two attached hydrogens (primary N) is 1. The fourth-order valence-corrected chi connectivity index (χ4v) is 2.72. The smallest absolute Gasteiger partial charge is 0.220 e. The van der Waals surface area contributed by atoms with Crippen LogP contribution in [-0.2, 0) is 9.53 Å². The number of carbonyl (C=O) groups is 1. The van der Waals surface area contributed by atoms with E-state index < -0.39 is 0 Å². The van der Waals surface area contributed by atoms with Crippen LogP contribution in [-0.4, -0.2) is 31.2 Å². The van der Waals surface area contributed by atoms with Crippen molar-refractivity contribution >= 4 is 5.91 Å². The minimum absolute atomic E-state index is 0.198. The molecule has 0 aromatic rings. The van der Waals surface area contributed by atoms with Gasteiger partial charge in [-0.25, -0.2) is 0 Å². The van der Waals surface area contributed by atoms with E-state index in [2.05, 4.69) is 5.32 Å². The summed E-state index contributed by atoms with van der Waals surface area (Å²) in [6.07, 6.45) is 8.78. The molecular formula is C14H26N2O2. The van der Waals surface area contributed by atoms with Gasteiger partial charge in [0.15, 0.2) is 0 Å². The summed E-state index contributed by atoms with van der Waals surface area (Å²) in [5.41, 5.74) is 5.44. The standard InChI is InChI=1S/C14H26N2O2/c15-9-4-2-1-3-5-13(17)16-12-8-10-18-14(12)11-6-7-11/h11-12,14H,1-10,15H2,(H,16,17). The Morgan fingerprint density at radius 3 is 2.67 bits per heavy atom. The third-order valence-electron chi connectivity index (χ3n) is 3.93. The van der Waals surface area contributed by atoms with E-state index in [1.807, 2.05) is 0 Å². The lowest BCUT2D eigenvalue weighted by Gasteiger charge is -2.19. The van der Waals surface area contributed by atoms with Gasteiger partial charge in [0.25, 0.3) is 0 Å². The molecule has 4 heteroatoms. The SMILES string of the molecule is NCCCCCCC(=O)NC1CCOC1C1CC1. The van der Waals surface area contributed by atoms with Crippen LogP contribution in [0.2, 0.25) is 0 Å². The molecule has 2 aliphatic rings. The lowest BCUT2D eigenvalue weighted by atomic mass is 10.1. The monoisotopic (exact) mass is 254 g/mol. The van der Waals surface area contributed by atoms with Gasteiger partial charge in [-0.05, 0) is 44.6 Å². The van der Waals surface area contributed by atoms with Gasteiger partial charge in [-0.3, -0.25) is 4.79 Å². The van der Waals surface area contributed by atoms with Crippen LogP contribution < -0.4 is 11.1 Å². The third-order valence-corrected chi connectivity index (χ3v) is 3.93. The van der Waals surface area contributed by atoms with E-state index in [-0.39, 0.29) is 11.9 Å². The molecule has 0 aromatic carbocycles. The van der Waals surface area contributed by atoms with Gasteiger partial charge in [-0.2, -0.15) is 0 Å². The Balaban J connectivity index is 1.58. The lowest BCUT2D eigenvalue weighted by Crippen LogP contribution is -2.41. The van der Waals surface area contributed by atoms with Crippen LogP contribution in [0.25, 0.3) is 0 Å². The van der Waals surface area contributed by atoms with Crippen molar-refractivity contribution in [3.05, 3.63) is 0 Å². The Hall–Kier alpha value is -0.610.